The van der Waals surface area contributed by atoms with Gasteiger partial charge in [0.2, 0.25) is 0 Å². The first-order valence-corrected chi connectivity index (χ1v) is 7.47. The Bertz CT molecular complexity index is 1090. The molecular weight excluding hydrogens is 302 g/mol. The Morgan fingerprint density at radius 3 is 2.42 bits per heavy atom. The normalized spacial score (nSPS) is 10.8. The largest absolute Gasteiger partial charge is 0.506 e. The summed E-state index contributed by atoms with van der Waals surface area (Å²) in [6.07, 6.45) is 0. The molecule has 0 unspecified atom stereocenters. The van der Waals surface area contributed by atoms with Crippen molar-refractivity contribution in [2.45, 2.75) is 0 Å². The fourth-order valence-electron chi connectivity index (χ4n) is 2.71. The highest BCUT2D eigenvalue weighted by Gasteiger charge is 2.11. The summed E-state index contributed by atoms with van der Waals surface area (Å²) in [5.74, 6) is 0.0674. The van der Waals surface area contributed by atoms with Gasteiger partial charge in [0, 0.05) is 0 Å². The quantitative estimate of drug-likeness (QED) is 0.617. The molecule has 0 bridgehead atoms. The van der Waals surface area contributed by atoms with E-state index in [0.717, 1.165) is 11.1 Å². The molecule has 5 nitrogen and oxygen atoms in total. The van der Waals surface area contributed by atoms with E-state index < -0.39 is 0 Å². The van der Waals surface area contributed by atoms with Crippen LogP contribution in [0.1, 0.15) is 0 Å². The summed E-state index contributed by atoms with van der Waals surface area (Å²) >= 11 is 0. The Balaban J connectivity index is 1.98. The number of rotatable bonds is 2. The Hall–Kier alpha value is -3.47. The van der Waals surface area contributed by atoms with Crippen molar-refractivity contribution < 1.29 is 5.11 Å². The number of phenolic OH excluding ortho intramolecular Hbond substituents is 1. The zero-order chi connectivity index (χ0) is 16.5. The minimum absolute atomic E-state index is 0.0674. The molecule has 3 aromatic carbocycles. The number of benzene rings is 3. The lowest BCUT2D eigenvalue weighted by Gasteiger charge is -2.11. The van der Waals surface area contributed by atoms with Crippen LogP contribution in [0.15, 0.2) is 77.6 Å². The lowest BCUT2D eigenvalue weighted by molar-refractivity contribution is 0.470. The fraction of sp³-hybridized carbons (Fsp3) is 0. The third-order valence-corrected chi connectivity index (χ3v) is 3.90. The van der Waals surface area contributed by atoms with Gasteiger partial charge in [-0.2, -0.15) is 0 Å². The molecule has 24 heavy (non-hydrogen) atoms. The lowest BCUT2D eigenvalue weighted by atomic mass is 10.0. The van der Waals surface area contributed by atoms with Crippen LogP contribution in [0.25, 0.3) is 27.7 Å². The second kappa shape index (κ2) is 5.62. The number of hydrogen-bond acceptors (Lipinski definition) is 4. The number of hydrogen-bond donors (Lipinski definition) is 1. The summed E-state index contributed by atoms with van der Waals surface area (Å²) in [7, 11) is 0. The first-order chi connectivity index (χ1) is 11.7. The highest BCUT2D eigenvalue weighted by molar-refractivity contribution is 5.80. The lowest BCUT2D eigenvalue weighted by Crippen LogP contribution is -2.16. The van der Waals surface area contributed by atoms with Gasteiger partial charge >= 0.3 is 0 Å². The number of fused-ring (bicyclic) bond motifs is 1. The zero-order valence-electron chi connectivity index (χ0n) is 12.6. The van der Waals surface area contributed by atoms with Crippen LogP contribution < -0.4 is 5.56 Å². The maximum Gasteiger partial charge on any atom is 0.299 e. The molecule has 1 N–H and O–H groups in total. The average Bonchev–Trinajstić information content (AvgIpc) is 2.64. The molecule has 0 atom stereocenters. The molecule has 0 amide bonds. The van der Waals surface area contributed by atoms with Crippen LogP contribution in [-0.4, -0.2) is 20.1 Å². The summed E-state index contributed by atoms with van der Waals surface area (Å²) in [6, 6.07) is 22.2. The Morgan fingerprint density at radius 2 is 1.58 bits per heavy atom. The predicted octanol–water partition coefficient (Wildman–Crippen LogP) is 3.15. The van der Waals surface area contributed by atoms with E-state index in [9.17, 15) is 9.90 Å². The van der Waals surface area contributed by atoms with E-state index in [1.165, 1.54) is 4.68 Å². The Labute approximate surface area is 137 Å². The van der Waals surface area contributed by atoms with Crippen molar-refractivity contribution in [2.75, 3.05) is 0 Å². The molecule has 116 valence electrons. The van der Waals surface area contributed by atoms with Crippen LogP contribution in [0.3, 0.4) is 0 Å². The van der Waals surface area contributed by atoms with E-state index >= 15 is 0 Å². The number of nitrogens with zero attached hydrogens (tertiary/aromatic N) is 3. The molecule has 5 heteroatoms. The summed E-state index contributed by atoms with van der Waals surface area (Å²) in [5, 5.41) is 18.4. The molecule has 4 rings (SSSR count). The number of phenols is 1. The van der Waals surface area contributed by atoms with Gasteiger partial charge in [-0.15, -0.1) is 0 Å². The number of aromatic hydroxyl groups is 1. The molecule has 0 saturated carbocycles. The van der Waals surface area contributed by atoms with E-state index in [2.05, 4.69) is 10.3 Å². The second-order valence-corrected chi connectivity index (χ2v) is 5.39. The Kier molecular flexibility index (Phi) is 3.31. The van der Waals surface area contributed by atoms with Gasteiger partial charge in [0.15, 0.2) is 0 Å². The molecule has 0 saturated heterocycles. The molecule has 0 spiro atoms. The number of aromatic nitrogens is 3. The monoisotopic (exact) mass is 315 g/mol. The second-order valence-electron chi connectivity index (χ2n) is 5.39. The van der Waals surface area contributed by atoms with Crippen LogP contribution in [0.2, 0.25) is 0 Å². The molecule has 0 fully saturated rings. The van der Waals surface area contributed by atoms with Gasteiger partial charge in [-0.05, 0) is 35.4 Å². The number of para-hydroxylation sites is 1. The smallest absolute Gasteiger partial charge is 0.299 e. The highest BCUT2D eigenvalue weighted by Crippen LogP contribution is 2.29. The van der Waals surface area contributed by atoms with E-state index in [4.69, 9.17) is 0 Å². The van der Waals surface area contributed by atoms with Crippen molar-refractivity contribution in [1.29, 1.82) is 0 Å². The zero-order valence-corrected chi connectivity index (χ0v) is 12.6. The van der Waals surface area contributed by atoms with Crippen LogP contribution in [0.4, 0.5) is 0 Å². The first-order valence-electron chi connectivity index (χ1n) is 7.47. The molecule has 0 radical (unpaired) electrons. The van der Waals surface area contributed by atoms with E-state index in [1.807, 2.05) is 48.5 Å². The maximum atomic E-state index is 11.9. The Morgan fingerprint density at radius 1 is 0.833 bits per heavy atom. The van der Waals surface area contributed by atoms with Gasteiger partial charge < -0.3 is 5.11 Å². The molecule has 0 aliphatic carbocycles. The van der Waals surface area contributed by atoms with Crippen LogP contribution >= 0.6 is 0 Å². The highest BCUT2D eigenvalue weighted by atomic mass is 16.3. The summed E-state index contributed by atoms with van der Waals surface area (Å²) < 4.78 is 1.48. The molecule has 1 aromatic heterocycles. The average molecular weight is 315 g/mol. The first kappa shape index (κ1) is 14.1. The van der Waals surface area contributed by atoms with Crippen molar-refractivity contribution >= 4 is 10.9 Å². The molecule has 1 heterocycles. The fourth-order valence-corrected chi connectivity index (χ4v) is 2.71. The molecule has 4 aromatic rings. The molecule has 0 aliphatic rings. The SMILES string of the molecule is O=c1nnn(-c2cc(-c3ccccc3)ccc2O)c2ccccc12. The van der Waals surface area contributed by atoms with Gasteiger partial charge in [0.1, 0.15) is 11.4 Å². The summed E-state index contributed by atoms with van der Waals surface area (Å²) in [6.45, 7) is 0. The summed E-state index contributed by atoms with van der Waals surface area (Å²) in [5.41, 5.74) is 2.64. The van der Waals surface area contributed by atoms with E-state index in [1.54, 1.807) is 24.3 Å². The van der Waals surface area contributed by atoms with Crippen molar-refractivity contribution in [3.05, 3.63) is 83.2 Å². The standard InChI is InChI=1S/C19H13N3O2/c23-18-11-10-14(13-6-2-1-3-7-13)12-17(18)22-16-9-5-4-8-15(16)19(24)20-21-22/h1-12,23H. The maximum absolute atomic E-state index is 11.9. The van der Waals surface area contributed by atoms with Crippen molar-refractivity contribution in [1.82, 2.24) is 15.0 Å². The van der Waals surface area contributed by atoms with Crippen LogP contribution in [-0.2, 0) is 0 Å². The third-order valence-electron chi connectivity index (χ3n) is 3.90. The van der Waals surface area contributed by atoms with Crippen molar-refractivity contribution in [2.24, 2.45) is 0 Å². The van der Waals surface area contributed by atoms with E-state index in [0.29, 0.717) is 16.6 Å². The van der Waals surface area contributed by atoms with Gasteiger partial charge in [0.05, 0.1) is 10.9 Å². The minimum atomic E-state index is -0.388. The summed E-state index contributed by atoms with van der Waals surface area (Å²) in [4.78, 5) is 11.9. The van der Waals surface area contributed by atoms with Crippen molar-refractivity contribution in [3.63, 3.8) is 0 Å². The van der Waals surface area contributed by atoms with Crippen molar-refractivity contribution in [3.8, 4) is 22.6 Å². The van der Waals surface area contributed by atoms with Crippen LogP contribution in [0, 0.1) is 0 Å². The van der Waals surface area contributed by atoms with Gasteiger partial charge in [-0.3, -0.25) is 4.79 Å². The molecule has 0 aliphatic heterocycles. The van der Waals surface area contributed by atoms with Gasteiger partial charge in [-0.1, -0.05) is 58.8 Å². The minimum Gasteiger partial charge on any atom is -0.506 e. The third kappa shape index (κ3) is 2.32. The topological polar surface area (TPSA) is 68.0 Å². The van der Waals surface area contributed by atoms with E-state index in [-0.39, 0.29) is 11.3 Å². The predicted molar refractivity (Wildman–Crippen MR) is 92.2 cm³/mol. The molecular formula is C19H13N3O2. The van der Waals surface area contributed by atoms with Gasteiger partial charge in [-0.25, -0.2) is 4.68 Å². The van der Waals surface area contributed by atoms with Crippen LogP contribution in [0.5, 0.6) is 5.75 Å². The van der Waals surface area contributed by atoms with Gasteiger partial charge in [0.25, 0.3) is 5.56 Å².